The minimum Gasteiger partial charge on any atom is -0.486 e. The number of nitrogens with one attached hydrogen (secondary N) is 1. The molecule has 1 aromatic carbocycles. The Morgan fingerprint density at radius 2 is 1.81 bits per heavy atom. The Bertz CT molecular complexity index is 947. The third-order valence-corrected chi connectivity index (χ3v) is 6.78. The van der Waals surface area contributed by atoms with E-state index in [9.17, 15) is 4.79 Å². The number of hydrazone groups is 1. The SMILES string of the molecule is O=C(N/N=C1/CC2(CCCCC2)Oc2ccccc21)C1CCN(c2ncccn2)CC1. The number of aromatic nitrogens is 2. The fourth-order valence-electron chi connectivity index (χ4n) is 5.05. The fourth-order valence-corrected chi connectivity index (χ4v) is 5.05. The first-order chi connectivity index (χ1) is 15.2. The quantitative estimate of drug-likeness (QED) is 0.768. The third kappa shape index (κ3) is 4.27. The van der Waals surface area contributed by atoms with Gasteiger partial charge in [-0.05, 0) is 56.7 Å². The maximum absolute atomic E-state index is 12.9. The summed E-state index contributed by atoms with van der Waals surface area (Å²) in [7, 11) is 0. The van der Waals surface area contributed by atoms with Crippen LogP contribution in [0.15, 0.2) is 47.8 Å². The van der Waals surface area contributed by atoms with Crippen LogP contribution < -0.4 is 15.1 Å². The van der Waals surface area contributed by atoms with Gasteiger partial charge in [0.05, 0.1) is 5.71 Å². The Balaban J connectivity index is 1.26. The first-order valence-electron chi connectivity index (χ1n) is 11.4. The molecule has 1 amide bonds. The first kappa shape index (κ1) is 20.0. The number of para-hydroxylation sites is 1. The maximum atomic E-state index is 12.9. The Kier molecular flexibility index (Phi) is 5.57. The molecule has 2 aliphatic heterocycles. The van der Waals surface area contributed by atoms with Crippen molar-refractivity contribution in [3.05, 3.63) is 48.3 Å². The van der Waals surface area contributed by atoms with Crippen LogP contribution in [-0.4, -0.2) is 40.3 Å². The molecule has 3 aliphatic rings. The van der Waals surface area contributed by atoms with Gasteiger partial charge < -0.3 is 9.64 Å². The van der Waals surface area contributed by atoms with E-state index in [0.29, 0.717) is 0 Å². The highest BCUT2D eigenvalue weighted by Crippen LogP contribution is 2.41. The second-order valence-electron chi connectivity index (χ2n) is 8.86. The molecule has 1 saturated heterocycles. The standard InChI is InChI=1S/C24H29N5O2/c30-22(18-9-15-29(16-10-18)23-25-13-6-14-26-23)28-27-20-17-24(11-4-1-5-12-24)31-21-8-3-2-7-19(20)21/h2-3,6-8,13-14,18H,1,4-5,9-12,15-17H2,(H,28,30)/b27-20-. The molecule has 1 saturated carbocycles. The summed E-state index contributed by atoms with van der Waals surface area (Å²) in [5, 5.41) is 4.63. The zero-order valence-electron chi connectivity index (χ0n) is 17.8. The van der Waals surface area contributed by atoms with Crippen molar-refractivity contribution < 1.29 is 9.53 Å². The number of carbonyl (C=O) groups is 1. The maximum Gasteiger partial charge on any atom is 0.243 e. The van der Waals surface area contributed by atoms with Crippen LogP contribution >= 0.6 is 0 Å². The number of piperidine rings is 1. The van der Waals surface area contributed by atoms with E-state index in [4.69, 9.17) is 4.74 Å². The highest BCUT2D eigenvalue weighted by Gasteiger charge is 2.40. The van der Waals surface area contributed by atoms with Crippen molar-refractivity contribution in [2.24, 2.45) is 11.0 Å². The molecule has 3 heterocycles. The number of anilines is 1. The average Bonchev–Trinajstić information content (AvgIpc) is 2.83. The lowest BCUT2D eigenvalue weighted by Gasteiger charge is -2.41. The predicted octanol–water partition coefficient (Wildman–Crippen LogP) is 3.70. The summed E-state index contributed by atoms with van der Waals surface area (Å²) in [5.74, 6) is 1.59. The lowest BCUT2D eigenvalue weighted by Crippen LogP contribution is -2.44. The highest BCUT2D eigenvalue weighted by atomic mass is 16.5. The second kappa shape index (κ2) is 8.65. The van der Waals surface area contributed by atoms with E-state index in [1.54, 1.807) is 12.4 Å². The van der Waals surface area contributed by atoms with Crippen molar-refractivity contribution in [2.45, 2.75) is 57.0 Å². The van der Waals surface area contributed by atoms with Crippen LogP contribution in [0.2, 0.25) is 0 Å². The van der Waals surface area contributed by atoms with E-state index in [1.807, 2.05) is 30.3 Å². The molecule has 7 heteroatoms. The summed E-state index contributed by atoms with van der Waals surface area (Å²) in [6.07, 6.45) is 11.6. The van der Waals surface area contributed by atoms with Crippen molar-refractivity contribution in [3.63, 3.8) is 0 Å². The molecule has 0 bridgehead atoms. The molecule has 1 aromatic heterocycles. The van der Waals surface area contributed by atoms with Crippen molar-refractivity contribution >= 4 is 17.6 Å². The smallest absolute Gasteiger partial charge is 0.243 e. The molecule has 0 radical (unpaired) electrons. The zero-order chi connectivity index (χ0) is 21.1. The van der Waals surface area contributed by atoms with E-state index in [0.717, 1.165) is 68.2 Å². The number of rotatable bonds is 3. The van der Waals surface area contributed by atoms with Gasteiger partial charge in [-0.15, -0.1) is 0 Å². The minimum atomic E-state index is -0.169. The zero-order valence-corrected chi connectivity index (χ0v) is 17.8. The summed E-state index contributed by atoms with van der Waals surface area (Å²) in [6.45, 7) is 1.55. The largest absolute Gasteiger partial charge is 0.486 e. The van der Waals surface area contributed by atoms with E-state index >= 15 is 0 Å². The van der Waals surface area contributed by atoms with Crippen molar-refractivity contribution in [3.8, 4) is 5.75 Å². The van der Waals surface area contributed by atoms with Gasteiger partial charge in [0, 0.05) is 43.4 Å². The molecule has 1 aliphatic carbocycles. The second-order valence-corrected chi connectivity index (χ2v) is 8.86. The fraction of sp³-hybridized carbons (Fsp3) is 0.500. The van der Waals surface area contributed by atoms with Crippen molar-refractivity contribution in [2.75, 3.05) is 18.0 Å². The lowest BCUT2D eigenvalue weighted by atomic mass is 9.78. The van der Waals surface area contributed by atoms with Crippen molar-refractivity contribution in [1.29, 1.82) is 0 Å². The van der Waals surface area contributed by atoms with Gasteiger partial charge in [0.25, 0.3) is 0 Å². The molecule has 0 atom stereocenters. The Hall–Kier alpha value is -2.96. The van der Waals surface area contributed by atoms with Gasteiger partial charge in [0.2, 0.25) is 11.9 Å². The molecule has 1 spiro atoms. The Labute approximate surface area is 182 Å². The molecule has 0 unspecified atom stereocenters. The number of hydrogen-bond acceptors (Lipinski definition) is 6. The average molecular weight is 420 g/mol. The molecule has 1 N–H and O–H groups in total. The lowest BCUT2D eigenvalue weighted by molar-refractivity contribution is -0.125. The summed E-state index contributed by atoms with van der Waals surface area (Å²) in [5.41, 5.74) is 4.65. The van der Waals surface area contributed by atoms with Crippen LogP contribution in [0.5, 0.6) is 5.75 Å². The van der Waals surface area contributed by atoms with Gasteiger partial charge in [0.15, 0.2) is 0 Å². The Morgan fingerprint density at radius 1 is 1.06 bits per heavy atom. The number of fused-ring (bicyclic) bond motifs is 1. The summed E-state index contributed by atoms with van der Waals surface area (Å²) < 4.78 is 6.46. The van der Waals surface area contributed by atoms with E-state index < -0.39 is 0 Å². The molecule has 7 nitrogen and oxygen atoms in total. The molecule has 2 aromatic rings. The van der Waals surface area contributed by atoms with Gasteiger partial charge in [-0.25, -0.2) is 15.4 Å². The van der Waals surface area contributed by atoms with E-state index in [2.05, 4.69) is 25.4 Å². The van der Waals surface area contributed by atoms with Crippen LogP contribution in [-0.2, 0) is 4.79 Å². The van der Waals surface area contributed by atoms with Crippen LogP contribution in [0.25, 0.3) is 0 Å². The molecular weight excluding hydrogens is 390 g/mol. The third-order valence-electron chi connectivity index (χ3n) is 6.78. The van der Waals surface area contributed by atoms with Crippen LogP contribution in [0.3, 0.4) is 0 Å². The highest BCUT2D eigenvalue weighted by molar-refractivity contribution is 6.04. The number of amides is 1. The van der Waals surface area contributed by atoms with Crippen LogP contribution in [0.4, 0.5) is 5.95 Å². The van der Waals surface area contributed by atoms with E-state index in [-0.39, 0.29) is 17.4 Å². The molecule has 2 fully saturated rings. The normalized spacial score (nSPS) is 22.1. The number of hydrogen-bond donors (Lipinski definition) is 1. The van der Waals surface area contributed by atoms with E-state index in [1.165, 1.54) is 19.3 Å². The van der Waals surface area contributed by atoms with Crippen molar-refractivity contribution in [1.82, 2.24) is 15.4 Å². The van der Waals surface area contributed by atoms with Gasteiger partial charge in [-0.2, -0.15) is 5.10 Å². The topological polar surface area (TPSA) is 79.7 Å². The van der Waals surface area contributed by atoms with Gasteiger partial charge in [-0.1, -0.05) is 18.6 Å². The predicted molar refractivity (Wildman–Crippen MR) is 119 cm³/mol. The Morgan fingerprint density at radius 3 is 2.58 bits per heavy atom. The van der Waals surface area contributed by atoms with Crippen LogP contribution in [0.1, 0.15) is 56.9 Å². The number of nitrogens with zero attached hydrogens (tertiary/aromatic N) is 4. The number of benzene rings is 1. The number of ether oxygens (including phenoxy) is 1. The summed E-state index contributed by atoms with van der Waals surface area (Å²) in [4.78, 5) is 23.6. The van der Waals surface area contributed by atoms with Gasteiger partial charge >= 0.3 is 0 Å². The molecule has 162 valence electrons. The number of carbonyl (C=O) groups excluding carboxylic acids is 1. The summed E-state index contributed by atoms with van der Waals surface area (Å²) in [6, 6.07) is 9.87. The molecule has 5 rings (SSSR count). The summed E-state index contributed by atoms with van der Waals surface area (Å²) >= 11 is 0. The van der Waals surface area contributed by atoms with Crippen LogP contribution in [0, 0.1) is 5.92 Å². The van der Waals surface area contributed by atoms with Gasteiger partial charge in [-0.3, -0.25) is 4.79 Å². The molecular formula is C24H29N5O2. The van der Waals surface area contributed by atoms with Gasteiger partial charge in [0.1, 0.15) is 11.4 Å². The molecule has 31 heavy (non-hydrogen) atoms. The first-order valence-corrected chi connectivity index (χ1v) is 11.4. The minimum absolute atomic E-state index is 0.00259. The monoisotopic (exact) mass is 419 g/mol.